The molecule has 0 heterocycles. The summed E-state index contributed by atoms with van der Waals surface area (Å²) in [5.41, 5.74) is 7.71. The van der Waals surface area contributed by atoms with Crippen LogP contribution in [0.3, 0.4) is 0 Å². The Kier molecular flexibility index (Phi) is 4.11. The highest BCUT2D eigenvalue weighted by Crippen LogP contribution is 2.26. The highest BCUT2D eigenvalue weighted by molar-refractivity contribution is 6.31. The average molecular weight is 290 g/mol. The molecule has 2 rings (SSSR count). The van der Waals surface area contributed by atoms with E-state index in [1.54, 1.807) is 42.3 Å². The van der Waals surface area contributed by atoms with Gasteiger partial charge in [0.05, 0.1) is 5.69 Å². The molecule has 20 heavy (non-hydrogen) atoms. The van der Waals surface area contributed by atoms with Crippen LogP contribution in [0.5, 0.6) is 0 Å². The molecule has 0 aliphatic carbocycles. The molecule has 2 aromatic rings. The first kappa shape index (κ1) is 14.2. The molecule has 2 aromatic carbocycles. The summed E-state index contributed by atoms with van der Waals surface area (Å²) < 4.78 is 13.6. The minimum absolute atomic E-state index is 0.0232. The summed E-state index contributed by atoms with van der Waals surface area (Å²) in [6.07, 6.45) is 0. The van der Waals surface area contributed by atoms with Crippen LogP contribution in [0.15, 0.2) is 36.4 Å². The van der Waals surface area contributed by atoms with Crippen LogP contribution in [0, 0.1) is 17.1 Å². The van der Waals surface area contributed by atoms with Crippen LogP contribution in [0.1, 0.15) is 11.1 Å². The van der Waals surface area contributed by atoms with Crippen LogP contribution in [0.4, 0.5) is 15.8 Å². The van der Waals surface area contributed by atoms with Gasteiger partial charge in [-0.25, -0.2) is 4.39 Å². The molecule has 0 unspecified atom stereocenters. The Hall–Kier alpha value is -2.25. The molecule has 2 N–H and O–H groups in total. The van der Waals surface area contributed by atoms with Gasteiger partial charge < -0.3 is 10.6 Å². The summed E-state index contributed by atoms with van der Waals surface area (Å²) in [4.78, 5) is 1.77. The minimum atomic E-state index is -0.532. The van der Waals surface area contributed by atoms with Gasteiger partial charge in [-0.1, -0.05) is 17.7 Å². The number of hydrogen-bond acceptors (Lipinski definition) is 3. The van der Waals surface area contributed by atoms with E-state index in [2.05, 4.69) is 0 Å². The third kappa shape index (κ3) is 2.84. The summed E-state index contributed by atoms with van der Waals surface area (Å²) in [6.45, 7) is 0.433. The van der Waals surface area contributed by atoms with E-state index in [-0.39, 0.29) is 5.56 Å². The van der Waals surface area contributed by atoms with E-state index in [1.165, 1.54) is 6.07 Å². The number of nitrogens with zero attached hydrogens (tertiary/aromatic N) is 2. The van der Waals surface area contributed by atoms with Gasteiger partial charge in [0.15, 0.2) is 0 Å². The quantitative estimate of drug-likeness (QED) is 0.879. The van der Waals surface area contributed by atoms with Crippen LogP contribution < -0.4 is 10.6 Å². The second-order valence-electron chi connectivity index (χ2n) is 4.45. The Morgan fingerprint density at radius 2 is 2.10 bits per heavy atom. The lowest BCUT2D eigenvalue weighted by Gasteiger charge is -2.21. The topological polar surface area (TPSA) is 53.0 Å². The fourth-order valence-electron chi connectivity index (χ4n) is 2.00. The molecule has 0 aliphatic rings. The van der Waals surface area contributed by atoms with Gasteiger partial charge in [-0.3, -0.25) is 0 Å². The monoisotopic (exact) mass is 289 g/mol. The molecule has 0 aromatic heterocycles. The molecular weight excluding hydrogens is 277 g/mol. The molecule has 0 saturated heterocycles. The van der Waals surface area contributed by atoms with Crippen LogP contribution >= 0.6 is 11.6 Å². The van der Waals surface area contributed by atoms with Gasteiger partial charge >= 0.3 is 0 Å². The number of benzene rings is 2. The summed E-state index contributed by atoms with van der Waals surface area (Å²) in [6, 6.07) is 11.6. The fraction of sp³-hybridized carbons (Fsp3) is 0.133. The number of nitriles is 1. The van der Waals surface area contributed by atoms with Gasteiger partial charge in [0, 0.05) is 24.3 Å². The number of halogens is 2. The Labute approximate surface area is 122 Å². The van der Waals surface area contributed by atoms with E-state index >= 15 is 0 Å². The van der Waals surface area contributed by atoms with Gasteiger partial charge in [-0.15, -0.1) is 0 Å². The molecule has 0 radical (unpaired) electrons. The molecule has 5 heteroatoms. The predicted octanol–water partition coefficient (Wildman–Crippen LogP) is 3.57. The molecule has 0 bridgehead atoms. The molecular formula is C15H13ClFN3. The lowest BCUT2D eigenvalue weighted by Crippen LogP contribution is -2.18. The number of hydrogen-bond donors (Lipinski definition) is 1. The van der Waals surface area contributed by atoms with Crippen molar-refractivity contribution in [3.63, 3.8) is 0 Å². The van der Waals surface area contributed by atoms with Crippen molar-refractivity contribution in [3.8, 4) is 6.07 Å². The number of anilines is 2. The molecule has 102 valence electrons. The van der Waals surface area contributed by atoms with Crippen molar-refractivity contribution in [2.75, 3.05) is 17.7 Å². The molecule has 0 aliphatic heterocycles. The summed E-state index contributed by atoms with van der Waals surface area (Å²) in [5, 5.41) is 9.63. The van der Waals surface area contributed by atoms with E-state index in [0.717, 1.165) is 5.56 Å². The van der Waals surface area contributed by atoms with E-state index in [4.69, 9.17) is 22.6 Å². The summed E-state index contributed by atoms with van der Waals surface area (Å²) >= 11 is 6.11. The van der Waals surface area contributed by atoms with Gasteiger partial charge in [-0.2, -0.15) is 5.26 Å². The zero-order valence-corrected chi connectivity index (χ0v) is 11.7. The second kappa shape index (κ2) is 5.81. The van der Waals surface area contributed by atoms with Crippen molar-refractivity contribution in [2.24, 2.45) is 0 Å². The lowest BCUT2D eigenvalue weighted by atomic mass is 10.1. The maximum atomic E-state index is 13.6. The van der Waals surface area contributed by atoms with E-state index < -0.39 is 5.82 Å². The third-order valence-electron chi connectivity index (χ3n) is 2.99. The maximum Gasteiger partial charge on any atom is 0.143 e. The highest BCUT2D eigenvalue weighted by Gasteiger charge is 2.13. The Morgan fingerprint density at radius 3 is 2.80 bits per heavy atom. The van der Waals surface area contributed by atoms with Crippen molar-refractivity contribution >= 4 is 23.0 Å². The van der Waals surface area contributed by atoms with Crippen molar-refractivity contribution in [3.05, 3.63) is 58.4 Å². The molecule has 0 spiro atoms. The number of nitrogen functional groups attached to an aromatic ring is 1. The smallest absolute Gasteiger partial charge is 0.143 e. The second-order valence-corrected chi connectivity index (χ2v) is 4.86. The Morgan fingerprint density at radius 1 is 1.35 bits per heavy atom. The SMILES string of the molecule is CN(Cc1cc(N)ccc1Cl)c1cccc(F)c1C#N. The normalized spacial score (nSPS) is 10.1. The summed E-state index contributed by atoms with van der Waals surface area (Å²) in [5.74, 6) is -0.532. The molecule has 0 saturated carbocycles. The van der Waals surface area contributed by atoms with Gasteiger partial charge in [0.2, 0.25) is 0 Å². The fourth-order valence-corrected chi connectivity index (χ4v) is 2.18. The molecule has 0 amide bonds. The lowest BCUT2D eigenvalue weighted by molar-refractivity contribution is 0.623. The first-order valence-electron chi connectivity index (χ1n) is 5.96. The van der Waals surface area contributed by atoms with Gasteiger partial charge in [0.1, 0.15) is 17.4 Å². The van der Waals surface area contributed by atoms with Crippen molar-refractivity contribution in [1.82, 2.24) is 0 Å². The average Bonchev–Trinajstić information content (AvgIpc) is 2.42. The minimum Gasteiger partial charge on any atom is -0.399 e. The standard InChI is InChI=1S/C15H13ClFN3/c1-20(9-10-7-11(19)5-6-13(10)16)15-4-2-3-14(17)12(15)8-18/h2-7H,9,19H2,1H3. The van der Waals surface area contributed by atoms with Gasteiger partial charge in [-0.05, 0) is 35.9 Å². The Bertz CT molecular complexity index is 679. The number of rotatable bonds is 3. The van der Waals surface area contributed by atoms with Crippen molar-refractivity contribution in [2.45, 2.75) is 6.54 Å². The van der Waals surface area contributed by atoms with E-state index in [0.29, 0.717) is 22.9 Å². The van der Waals surface area contributed by atoms with Gasteiger partial charge in [0.25, 0.3) is 0 Å². The Balaban J connectivity index is 2.34. The molecule has 0 fully saturated rings. The van der Waals surface area contributed by atoms with Crippen LogP contribution in [0.2, 0.25) is 5.02 Å². The van der Waals surface area contributed by atoms with E-state index in [9.17, 15) is 4.39 Å². The van der Waals surface area contributed by atoms with Crippen molar-refractivity contribution in [1.29, 1.82) is 5.26 Å². The number of nitrogens with two attached hydrogens (primary N) is 1. The highest BCUT2D eigenvalue weighted by atomic mass is 35.5. The molecule has 3 nitrogen and oxygen atoms in total. The maximum absolute atomic E-state index is 13.6. The summed E-state index contributed by atoms with van der Waals surface area (Å²) in [7, 11) is 1.77. The van der Waals surface area contributed by atoms with Crippen LogP contribution in [0.25, 0.3) is 0 Å². The molecule has 0 atom stereocenters. The van der Waals surface area contributed by atoms with Crippen molar-refractivity contribution < 1.29 is 4.39 Å². The first-order valence-corrected chi connectivity index (χ1v) is 6.34. The van der Waals surface area contributed by atoms with Crippen LogP contribution in [-0.2, 0) is 6.54 Å². The first-order chi connectivity index (χ1) is 9.52. The zero-order chi connectivity index (χ0) is 14.7. The van der Waals surface area contributed by atoms with Crippen LogP contribution in [-0.4, -0.2) is 7.05 Å². The van der Waals surface area contributed by atoms with E-state index in [1.807, 2.05) is 6.07 Å². The largest absolute Gasteiger partial charge is 0.399 e. The third-order valence-corrected chi connectivity index (χ3v) is 3.36. The predicted molar refractivity (Wildman–Crippen MR) is 79.1 cm³/mol. The zero-order valence-electron chi connectivity index (χ0n) is 10.9.